The van der Waals surface area contributed by atoms with E-state index in [1.54, 1.807) is 18.2 Å². The van der Waals surface area contributed by atoms with Crippen LogP contribution in [0.3, 0.4) is 0 Å². The first kappa shape index (κ1) is 20.4. The molecule has 1 aliphatic heterocycles. The lowest BCUT2D eigenvalue weighted by Crippen LogP contribution is -2.25. The number of nitrogens with zero attached hydrogens (tertiary/aromatic N) is 2. The van der Waals surface area contributed by atoms with Crippen LogP contribution in [0.15, 0.2) is 89.1 Å². The van der Waals surface area contributed by atoms with Crippen molar-refractivity contribution in [2.24, 2.45) is 5.10 Å². The third kappa shape index (κ3) is 5.58. The molecule has 1 aromatic heterocycles. The Balaban J connectivity index is 1.39. The molecule has 7 nitrogen and oxygen atoms in total. The second kappa shape index (κ2) is 9.73. The average Bonchev–Trinajstić information content (AvgIpc) is 3.16. The molecule has 0 spiro atoms. The fourth-order valence-corrected chi connectivity index (χ4v) is 3.52. The summed E-state index contributed by atoms with van der Waals surface area (Å²) in [6.45, 7) is 0.462. The summed E-state index contributed by atoms with van der Waals surface area (Å²) in [5.74, 6) is 0.0445. The Morgan fingerprint density at radius 2 is 1.90 bits per heavy atom. The minimum Gasteiger partial charge on any atom is -0.489 e. The quantitative estimate of drug-likeness (QED) is 0.461. The molecule has 154 valence electrons. The molecule has 8 heteroatoms. The zero-order valence-corrected chi connectivity index (χ0v) is 17.1. The first-order chi connectivity index (χ1) is 15.2. The molecule has 1 fully saturated rings. The van der Waals surface area contributed by atoms with Gasteiger partial charge in [-0.05, 0) is 53.2 Å². The monoisotopic (exact) mass is 430 g/mol. The summed E-state index contributed by atoms with van der Waals surface area (Å²) in [5, 5.41) is 6.93. The molecule has 2 N–H and O–H groups in total. The number of benzene rings is 2. The molecule has 4 rings (SSSR count). The van der Waals surface area contributed by atoms with Crippen molar-refractivity contribution < 1.29 is 14.3 Å². The van der Waals surface area contributed by atoms with Gasteiger partial charge < -0.3 is 4.74 Å². The van der Waals surface area contributed by atoms with Gasteiger partial charge in [0.25, 0.3) is 11.8 Å². The number of ether oxygens (including phenoxy) is 1. The van der Waals surface area contributed by atoms with Crippen LogP contribution in [0.2, 0.25) is 0 Å². The Hall–Kier alpha value is -3.91. The zero-order chi connectivity index (χ0) is 21.5. The van der Waals surface area contributed by atoms with E-state index in [0.717, 1.165) is 22.9 Å². The minimum absolute atomic E-state index is 0.280. The van der Waals surface area contributed by atoms with Crippen LogP contribution in [0, 0.1) is 0 Å². The SMILES string of the molecule is O=C1NC(=NNC(=O)c2ccncc2)S/C1=C/c1cccc(OCc2ccccc2)c1. The summed E-state index contributed by atoms with van der Waals surface area (Å²) in [6, 6.07) is 20.5. The molecule has 0 atom stereocenters. The van der Waals surface area contributed by atoms with E-state index in [1.165, 1.54) is 12.4 Å². The molecule has 3 aromatic rings. The van der Waals surface area contributed by atoms with Crippen LogP contribution in [0.4, 0.5) is 0 Å². The van der Waals surface area contributed by atoms with Gasteiger partial charge in [-0.25, -0.2) is 5.43 Å². The third-order valence-corrected chi connectivity index (χ3v) is 5.17. The maximum absolute atomic E-state index is 12.3. The van der Waals surface area contributed by atoms with E-state index >= 15 is 0 Å². The van der Waals surface area contributed by atoms with Crippen molar-refractivity contribution in [3.05, 3.63) is 101 Å². The number of hydrogen-bond acceptors (Lipinski definition) is 6. The molecular weight excluding hydrogens is 412 g/mol. The first-order valence-electron chi connectivity index (χ1n) is 9.43. The highest BCUT2D eigenvalue weighted by Crippen LogP contribution is 2.27. The van der Waals surface area contributed by atoms with Gasteiger partial charge in [-0.3, -0.25) is 19.9 Å². The molecule has 0 unspecified atom stereocenters. The van der Waals surface area contributed by atoms with Crippen molar-refractivity contribution in [2.75, 3.05) is 0 Å². The van der Waals surface area contributed by atoms with Gasteiger partial charge in [-0.2, -0.15) is 0 Å². The second-order valence-corrected chi connectivity index (χ2v) is 7.54. The number of aromatic nitrogens is 1. The first-order valence-corrected chi connectivity index (χ1v) is 10.2. The van der Waals surface area contributed by atoms with Gasteiger partial charge in [0.15, 0.2) is 5.17 Å². The van der Waals surface area contributed by atoms with E-state index in [1.807, 2.05) is 54.6 Å². The van der Waals surface area contributed by atoms with Crippen molar-refractivity contribution >= 4 is 34.8 Å². The highest BCUT2D eigenvalue weighted by atomic mass is 32.2. The molecular formula is C23H18N4O3S. The zero-order valence-electron chi connectivity index (χ0n) is 16.3. The summed E-state index contributed by atoms with van der Waals surface area (Å²) >= 11 is 1.15. The van der Waals surface area contributed by atoms with Crippen molar-refractivity contribution in [1.29, 1.82) is 0 Å². The number of rotatable bonds is 6. The van der Waals surface area contributed by atoms with E-state index in [0.29, 0.717) is 28.0 Å². The number of amidine groups is 1. The molecule has 1 saturated heterocycles. The normalized spacial score (nSPS) is 15.7. The van der Waals surface area contributed by atoms with E-state index in [2.05, 4.69) is 20.8 Å². The van der Waals surface area contributed by atoms with Crippen LogP contribution in [0.25, 0.3) is 6.08 Å². The topological polar surface area (TPSA) is 92.7 Å². The molecule has 0 bridgehead atoms. The fraction of sp³-hybridized carbons (Fsp3) is 0.0435. The third-order valence-electron chi connectivity index (χ3n) is 4.26. The predicted molar refractivity (Wildman–Crippen MR) is 120 cm³/mol. The van der Waals surface area contributed by atoms with Gasteiger partial charge in [0.05, 0.1) is 4.91 Å². The van der Waals surface area contributed by atoms with Gasteiger partial charge in [0, 0.05) is 18.0 Å². The van der Waals surface area contributed by atoms with E-state index in [-0.39, 0.29) is 11.8 Å². The number of carbonyl (C=O) groups excluding carboxylic acids is 2. The van der Waals surface area contributed by atoms with Crippen molar-refractivity contribution in [1.82, 2.24) is 15.7 Å². The lowest BCUT2D eigenvalue weighted by atomic mass is 10.2. The molecule has 31 heavy (non-hydrogen) atoms. The lowest BCUT2D eigenvalue weighted by Gasteiger charge is -2.07. The average molecular weight is 430 g/mol. The number of nitrogens with one attached hydrogen (secondary N) is 2. The van der Waals surface area contributed by atoms with Crippen LogP contribution in [0.5, 0.6) is 5.75 Å². The Morgan fingerprint density at radius 3 is 2.71 bits per heavy atom. The highest BCUT2D eigenvalue weighted by molar-refractivity contribution is 8.18. The van der Waals surface area contributed by atoms with Gasteiger partial charge in [0.1, 0.15) is 12.4 Å². The Labute approximate surface area is 183 Å². The highest BCUT2D eigenvalue weighted by Gasteiger charge is 2.24. The summed E-state index contributed by atoms with van der Waals surface area (Å²) in [5.41, 5.74) is 4.75. The largest absolute Gasteiger partial charge is 0.489 e. The Morgan fingerprint density at radius 1 is 1.10 bits per heavy atom. The second-order valence-electron chi connectivity index (χ2n) is 6.51. The number of hydrazone groups is 1. The van der Waals surface area contributed by atoms with Crippen molar-refractivity contribution in [3.8, 4) is 5.75 Å². The summed E-state index contributed by atoms with van der Waals surface area (Å²) < 4.78 is 5.84. The minimum atomic E-state index is -0.384. The summed E-state index contributed by atoms with van der Waals surface area (Å²) in [4.78, 5) is 28.7. The van der Waals surface area contributed by atoms with E-state index in [4.69, 9.17) is 4.74 Å². The van der Waals surface area contributed by atoms with Crippen LogP contribution in [-0.2, 0) is 11.4 Å². The van der Waals surface area contributed by atoms with Gasteiger partial charge in [-0.1, -0.05) is 42.5 Å². The Bertz CT molecular complexity index is 1150. The number of amides is 2. The standard InChI is InChI=1S/C23H18N4O3S/c28-21(18-9-11-24-12-10-18)26-27-23-25-22(29)20(31-23)14-17-7-4-8-19(13-17)30-15-16-5-2-1-3-6-16/h1-14H,15H2,(H,26,28)(H,25,27,29)/b20-14+. The molecule has 1 aliphatic rings. The van der Waals surface area contributed by atoms with Gasteiger partial charge in [-0.15, -0.1) is 5.10 Å². The van der Waals surface area contributed by atoms with Crippen LogP contribution in [-0.4, -0.2) is 22.0 Å². The summed E-state index contributed by atoms with van der Waals surface area (Å²) in [6.07, 6.45) is 4.79. The predicted octanol–water partition coefficient (Wildman–Crippen LogP) is 3.57. The molecule has 0 saturated carbocycles. The maximum Gasteiger partial charge on any atom is 0.271 e. The summed E-state index contributed by atoms with van der Waals surface area (Å²) in [7, 11) is 0. The van der Waals surface area contributed by atoms with E-state index in [9.17, 15) is 9.59 Å². The van der Waals surface area contributed by atoms with Crippen LogP contribution < -0.4 is 15.5 Å². The number of thioether (sulfide) groups is 1. The maximum atomic E-state index is 12.3. The van der Waals surface area contributed by atoms with Crippen molar-refractivity contribution in [3.63, 3.8) is 0 Å². The molecule has 2 aromatic carbocycles. The Kier molecular flexibility index (Phi) is 6.39. The number of pyridine rings is 1. The van der Waals surface area contributed by atoms with E-state index < -0.39 is 0 Å². The van der Waals surface area contributed by atoms with Crippen LogP contribution in [0.1, 0.15) is 21.5 Å². The molecule has 2 heterocycles. The van der Waals surface area contributed by atoms with Crippen molar-refractivity contribution in [2.45, 2.75) is 6.61 Å². The van der Waals surface area contributed by atoms with Gasteiger partial charge in [0.2, 0.25) is 0 Å². The van der Waals surface area contributed by atoms with Gasteiger partial charge >= 0.3 is 0 Å². The molecule has 2 amide bonds. The molecule has 0 radical (unpaired) electrons. The number of carbonyl (C=O) groups is 2. The van der Waals surface area contributed by atoms with Crippen LogP contribution >= 0.6 is 11.8 Å². The molecule has 0 aliphatic carbocycles. The lowest BCUT2D eigenvalue weighted by molar-refractivity contribution is -0.115. The smallest absolute Gasteiger partial charge is 0.271 e. The number of hydrogen-bond donors (Lipinski definition) is 2. The fourth-order valence-electron chi connectivity index (χ4n) is 2.74.